The zero-order valence-corrected chi connectivity index (χ0v) is 16.0. The van der Waals surface area contributed by atoms with Gasteiger partial charge in [-0.15, -0.1) is 0 Å². The monoisotopic (exact) mass is 364 g/mol. The van der Waals surface area contributed by atoms with Crippen molar-refractivity contribution in [1.82, 2.24) is 9.97 Å². The van der Waals surface area contributed by atoms with Crippen molar-refractivity contribution in [2.45, 2.75) is 58.1 Å². The molecule has 0 atom stereocenters. The Balaban J connectivity index is 1.66. The lowest BCUT2D eigenvalue weighted by Crippen LogP contribution is -2.24. The van der Waals surface area contributed by atoms with E-state index in [0.717, 1.165) is 29.8 Å². The molecule has 2 aromatic rings. The van der Waals surface area contributed by atoms with E-state index in [1.807, 2.05) is 45.0 Å². The van der Waals surface area contributed by atoms with Crippen molar-refractivity contribution >= 4 is 11.8 Å². The molecule has 1 N–H and O–H groups in total. The van der Waals surface area contributed by atoms with Crippen LogP contribution >= 0.6 is 0 Å². The van der Waals surface area contributed by atoms with Gasteiger partial charge in [-0.2, -0.15) is 5.26 Å². The van der Waals surface area contributed by atoms with Gasteiger partial charge in [0.05, 0.1) is 12.6 Å². The molecule has 0 unspecified atom stereocenters. The number of esters is 1. The van der Waals surface area contributed by atoms with Crippen LogP contribution in [-0.2, 0) is 22.5 Å². The number of aromatic nitrogens is 2. The van der Waals surface area contributed by atoms with Gasteiger partial charge in [-0.25, -0.2) is 9.97 Å². The minimum absolute atomic E-state index is 0.230. The molecule has 3 rings (SSSR count). The van der Waals surface area contributed by atoms with Crippen molar-refractivity contribution < 1.29 is 9.53 Å². The van der Waals surface area contributed by atoms with Crippen LogP contribution in [0.25, 0.3) is 0 Å². The molecule has 0 saturated heterocycles. The molecule has 0 bridgehead atoms. The van der Waals surface area contributed by atoms with E-state index in [1.165, 1.54) is 0 Å². The van der Waals surface area contributed by atoms with Crippen LogP contribution in [0, 0.1) is 11.3 Å². The summed E-state index contributed by atoms with van der Waals surface area (Å²) in [5.41, 5.74) is 1.84. The molecule has 1 fully saturated rings. The first-order chi connectivity index (χ1) is 12.8. The fraction of sp³-hybridized carbons (Fsp3) is 0.429. The third-order valence-corrected chi connectivity index (χ3v) is 4.09. The number of hydrogen-bond acceptors (Lipinski definition) is 6. The van der Waals surface area contributed by atoms with Gasteiger partial charge in [-0.05, 0) is 44.7 Å². The number of nitriles is 1. The Morgan fingerprint density at radius 2 is 2.07 bits per heavy atom. The van der Waals surface area contributed by atoms with Crippen LogP contribution < -0.4 is 5.32 Å². The number of carbonyl (C=O) groups is 1. The summed E-state index contributed by atoms with van der Waals surface area (Å²) in [5, 5.41) is 12.5. The van der Waals surface area contributed by atoms with Gasteiger partial charge >= 0.3 is 5.97 Å². The van der Waals surface area contributed by atoms with Crippen molar-refractivity contribution in [2.75, 3.05) is 5.32 Å². The van der Waals surface area contributed by atoms with Gasteiger partial charge in [0.25, 0.3) is 0 Å². The second-order valence-electron chi connectivity index (χ2n) is 7.81. The molecular formula is C21H24N4O2. The summed E-state index contributed by atoms with van der Waals surface area (Å²) in [4.78, 5) is 20.8. The zero-order chi connectivity index (χ0) is 19.4. The summed E-state index contributed by atoms with van der Waals surface area (Å²) in [6.45, 7) is 6.08. The quantitative estimate of drug-likeness (QED) is 0.786. The van der Waals surface area contributed by atoms with E-state index in [2.05, 4.69) is 21.4 Å². The molecular weight excluding hydrogens is 340 g/mol. The molecule has 1 aliphatic rings. The Labute approximate surface area is 159 Å². The van der Waals surface area contributed by atoms with Crippen LogP contribution in [0.1, 0.15) is 62.0 Å². The standard InChI is InChI=1S/C21H24N4O2/c1-21(2,3)27-18(26)10-14-5-4-6-15(9-14)12-23-20-17(11-22)13-24-19(25-20)16-7-8-16/h4-6,9,13,16H,7-8,10,12H2,1-3H3,(H,23,24,25). The van der Waals surface area contributed by atoms with Gasteiger partial charge < -0.3 is 10.1 Å². The number of carbonyl (C=O) groups excluding carboxylic acids is 1. The number of ether oxygens (including phenoxy) is 1. The summed E-state index contributed by atoms with van der Waals surface area (Å²) >= 11 is 0. The first kappa shape index (κ1) is 18.8. The van der Waals surface area contributed by atoms with E-state index < -0.39 is 5.60 Å². The molecule has 140 valence electrons. The molecule has 0 spiro atoms. The fourth-order valence-electron chi connectivity index (χ4n) is 2.73. The maximum Gasteiger partial charge on any atom is 0.310 e. The van der Waals surface area contributed by atoms with Gasteiger partial charge in [-0.1, -0.05) is 24.3 Å². The Kier molecular flexibility index (Phi) is 5.41. The van der Waals surface area contributed by atoms with Crippen LogP contribution in [0.2, 0.25) is 0 Å². The van der Waals surface area contributed by atoms with Gasteiger partial charge in [0, 0.05) is 12.5 Å². The molecule has 1 heterocycles. The summed E-state index contributed by atoms with van der Waals surface area (Å²) in [6, 6.07) is 9.89. The van der Waals surface area contributed by atoms with Gasteiger partial charge in [0.2, 0.25) is 0 Å². The van der Waals surface area contributed by atoms with Crippen molar-refractivity contribution in [2.24, 2.45) is 0 Å². The van der Waals surface area contributed by atoms with Crippen molar-refractivity contribution in [3.8, 4) is 6.07 Å². The molecule has 6 nitrogen and oxygen atoms in total. The molecule has 1 aliphatic carbocycles. The molecule has 0 amide bonds. The van der Waals surface area contributed by atoms with Gasteiger partial charge in [-0.3, -0.25) is 4.79 Å². The highest BCUT2D eigenvalue weighted by Crippen LogP contribution is 2.38. The lowest BCUT2D eigenvalue weighted by atomic mass is 10.1. The van der Waals surface area contributed by atoms with Crippen molar-refractivity contribution in [3.05, 3.63) is 53.0 Å². The van der Waals surface area contributed by atoms with Crippen LogP contribution in [-0.4, -0.2) is 21.5 Å². The van der Waals surface area contributed by atoms with Crippen molar-refractivity contribution in [3.63, 3.8) is 0 Å². The maximum atomic E-state index is 12.0. The average Bonchev–Trinajstić information content (AvgIpc) is 3.43. The topological polar surface area (TPSA) is 87.9 Å². The van der Waals surface area contributed by atoms with Crippen LogP contribution in [0.4, 0.5) is 5.82 Å². The normalized spacial score (nSPS) is 13.7. The highest BCUT2D eigenvalue weighted by Gasteiger charge is 2.27. The Morgan fingerprint density at radius 1 is 1.33 bits per heavy atom. The Morgan fingerprint density at radius 3 is 2.74 bits per heavy atom. The van der Waals surface area contributed by atoms with E-state index in [4.69, 9.17) is 4.74 Å². The SMILES string of the molecule is CC(C)(C)OC(=O)Cc1cccc(CNc2nc(C3CC3)ncc2C#N)c1. The molecule has 1 aromatic carbocycles. The number of rotatable bonds is 6. The Hall–Kier alpha value is -2.94. The second-order valence-corrected chi connectivity index (χ2v) is 7.81. The Bertz CT molecular complexity index is 876. The lowest BCUT2D eigenvalue weighted by Gasteiger charge is -2.19. The fourth-order valence-corrected chi connectivity index (χ4v) is 2.73. The third-order valence-electron chi connectivity index (χ3n) is 4.09. The van der Waals surface area contributed by atoms with E-state index in [-0.39, 0.29) is 12.4 Å². The molecule has 0 aliphatic heterocycles. The first-order valence-corrected chi connectivity index (χ1v) is 9.14. The summed E-state index contributed by atoms with van der Waals surface area (Å²) in [5.74, 6) is 1.54. The lowest BCUT2D eigenvalue weighted by molar-refractivity contribution is -0.153. The minimum atomic E-state index is -0.490. The summed E-state index contributed by atoms with van der Waals surface area (Å²) in [6.07, 6.45) is 4.03. The number of hydrogen-bond donors (Lipinski definition) is 1. The molecule has 27 heavy (non-hydrogen) atoms. The molecule has 1 saturated carbocycles. The minimum Gasteiger partial charge on any atom is -0.460 e. The zero-order valence-electron chi connectivity index (χ0n) is 16.0. The van der Waals surface area contributed by atoms with Gasteiger partial charge in [0.15, 0.2) is 0 Å². The smallest absolute Gasteiger partial charge is 0.310 e. The molecule has 6 heteroatoms. The predicted molar refractivity (Wildman–Crippen MR) is 102 cm³/mol. The summed E-state index contributed by atoms with van der Waals surface area (Å²) in [7, 11) is 0. The average molecular weight is 364 g/mol. The number of benzene rings is 1. The van der Waals surface area contributed by atoms with Gasteiger partial charge in [0.1, 0.15) is 28.9 Å². The number of nitrogens with one attached hydrogen (secondary N) is 1. The van der Waals surface area contributed by atoms with E-state index in [9.17, 15) is 10.1 Å². The van der Waals surface area contributed by atoms with Crippen LogP contribution in [0.5, 0.6) is 0 Å². The number of anilines is 1. The van der Waals surface area contributed by atoms with E-state index in [1.54, 1.807) is 6.20 Å². The van der Waals surface area contributed by atoms with Crippen molar-refractivity contribution in [1.29, 1.82) is 5.26 Å². The third kappa shape index (κ3) is 5.52. The first-order valence-electron chi connectivity index (χ1n) is 9.14. The predicted octanol–water partition coefficient (Wildman–Crippen LogP) is 3.72. The highest BCUT2D eigenvalue weighted by atomic mass is 16.6. The van der Waals surface area contributed by atoms with Crippen LogP contribution in [0.15, 0.2) is 30.5 Å². The number of nitrogens with zero attached hydrogens (tertiary/aromatic N) is 3. The summed E-state index contributed by atoms with van der Waals surface area (Å²) < 4.78 is 5.38. The second kappa shape index (κ2) is 7.75. The van der Waals surface area contributed by atoms with E-state index in [0.29, 0.717) is 23.8 Å². The highest BCUT2D eigenvalue weighted by molar-refractivity contribution is 5.73. The molecule has 1 aromatic heterocycles. The largest absolute Gasteiger partial charge is 0.460 e. The van der Waals surface area contributed by atoms with Crippen LogP contribution in [0.3, 0.4) is 0 Å². The maximum absolute atomic E-state index is 12.0. The van der Waals surface area contributed by atoms with E-state index >= 15 is 0 Å². The molecule has 0 radical (unpaired) electrons.